The Labute approximate surface area is 144 Å². The molecule has 1 heterocycles. The van der Waals surface area contributed by atoms with Crippen LogP contribution >= 0.6 is 15.9 Å². The first kappa shape index (κ1) is 16.5. The van der Waals surface area contributed by atoms with Gasteiger partial charge >= 0.3 is 11.1 Å². The van der Waals surface area contributed by atoms with Crippen LogP contribution in [0.25, 0.3) is 11.0 Å². The third kappa shape index (κ3) is 3.13. The number of aromatic amines is 2. The van der Waals surface area contributed by atoms with Crippen LogP contribution in [-0.4, -0.2) is 18.4 Å². The average molecular weight is 410 g/mol. The van der Waals surface area contributed by atoms with Crippen LogP contribution in [0.15, 0.2) is 55.4 Å². The maximum Gasteiger partial charge on any atom is 0.314 e. The highest BCUT2D eigenvalue weighted by atomic mass is 79.9. The molecule has 3 N–H and O–H groups in total. The molecule has 3 rings (SSSR count). The maximum absolute atomic E-state index is 12.5. The Morgan fingerprint density at radius 1 is 0.958 bits per heavy atom. The van der Waals surface area contributed by atoms with Crippen LogP contribution in [0.4, 0.5) is 5.69 Å². The van der Waals surface area contributed by atoms with Gasteiger partial charge in [-0.1, -0.05) is 15.9 Å². The molecule has 3 aromatic rings. The van der Waals surface area contributed by atoms with E-state index in [1.54, 1.807) is 18.2 Å². The van der Waals surface area contributed by atoms with Gasteiger partial charge in [0.25, 0.3) is 10.0 Å². The third-order valence-electron chi connectivity index (χ3n) is 3.41. The maximum atomic E-state index is 12.5. The summed E-state index contributed by atoms with van der Waals surface area (Å²) in [5, 5.41) is 0. The summed E-state index contributed by atoms with van der Waals surface area (Å²) in [6.07, 6.45) is 0. The molecule has 7 nitrogen and oxygen atoms in total. The van der Waals surface area contributed by atoms with Gasteiger partial charge < -0.3 is 9.97 Å². The van der Waals surface area contributed by atoms with Crippen LogP contribution in [0.1, 0.15) is 5.56 Å². The normalized spacial score (nSPS) is 11.6. The predicted octanol–water partition coefficient (Wildman–Crippen LogP) is 2.09. The smallest absolute Gasteiger partial charge is 0.314 e. The van der Waals surface area contributed by atoms with Crippen molar-refractivity contribution in [3.63, 3.8) is 0 Å². The molecule has 2 aromatic carbocycles. The third-order valence-corrected chi connectivity index (χ3v) is 5.68. The van der Waals surface area contributed by atoms with E-state index in [2.05, 4.69) is 30.6 Å². The van der Waals surface area contributed by atoms with Crippen molar-refractivity contribution >= 4 is 42.7 Å². The molecule has 0 spiro atoms. The van der Waals surface area contributed by atoms with Crippen molar-refractivity contribution in [2.24, 2.45) is 0 Å². The van der Waals surface area contributed by atoms with Gasteiger partial charge in [0.2, 0.25) is 0 Å². The highest BCUT2D eigenvalue weighted by Gasteiger charge is 2.15. The molecule has 0 bridgehead atoms. The van der Waals surface area contributed by atoms with Gasteiger partial charge in [0.15, 0.2) is 0 Å². The highest BCUT2D eigenvalue weighted by molar-refractivity contribution is 9.10. The summed E-state index contributed by atoms with van der Waals surface area (Å²) in [6, 6.07) is 9.15. The summed E-state index contributed by atoms with van der Waals surface area (Å²) in [5.41, 5.74) is 0.254. The Kier molecular flexibility index (Phi) is 4.06. The molecule has 0 aliphatic carbocycles. The van der Waals surface area contributed by atoms with Crippen LogP contribution < -0.4 is 15.8 Å². The van der Waals surface area contributed by atoms with Crippen molar-refractivity contribution < 1.29 is 8.42 Å². The SMILES string of the molecule is Cc1cc(NS(=O)(=O)c2ccc3[nH]c(=O)c(=O)[nH]c3c2)ccc1Br. The number of aryl methyl sites for hydroxylation is 1. The number of sulfonamides is 1. The molecule has 0 unspecified atom stereocenters. The monoisotopic (exact) mass is 409 g/mol. The molecule has 0 radical (unpaired) electrons. The van der Waals surface area contributed by atoms with Gasteiger partial charge in [0, 0.05) is 10.2 Å². The molecule has 0 aliphatic heterocycles. The number of benzene rings is 2. The van der Waals surface area contributed by atoms with E-state index in [0.717, 1.165) is 10.0 Å². The highest BCUT2D eigenvalue weighted by Crippen LogP contribution is 2.23. The molecule has 0 saturated heterocycles. The van der Waals surface area contributed by atoms with Crippen LogP contribution in [-0.2, 0) is 10.0 Å². The summed E-state index contributed by atoms with van der Waals surface area (Å²) in [4.78, 5) is 27.4. The fraction of sp³-hybridized carbons (Fsp3) is 0.0667. The molecule has 124 valence electrons. The van der Waals surface area contributed by atoms with E-state index in [-0.39, 0.29) is 10.4 Å². The first-order valence-corrected chi connectivity index (χ1v) is 9.09. The minimum Gasteiger partial charge on any atom is -0.316 e. The van der Waals surface area contributed by atoms with Crippen LogP contribution in [0.3, 0.4) is 0 Å². The summed E-state index contributed by atoms with van der Waals surface area (Å²) in [7, 11) is -3.84. The van der Waals surface area contributed by atoms with Crippen molar-refractivity contribution in [2.75, 3.05) is 4.72 Å². The van der Waals surface area contributed by atoms with Gasteiger partial charge in [0.1, 0.15) is 0 Å². The molecular formula is C15H12BrN3O4S. The molecule has 1 aromatic heterocycles. The zero-order chi connectivity index (χ0) is 17.5. The van der Waals surface area contributed by atoms with E-state index in [1.807, 2.05) is 6.92 Å². The largest absolute Gasteiger partial charge is 0.316 e. The minimum atomic E-state index is -3.84. The quantitative estimate of drug-likeness (QED) is 0.574. The van der Waals surface area contributed by atoms with Gasteiger partial charge in [-0.05, 0) is 48.9 Å². The van der Waals surface area contributed by atoms with Crippen LogP contribution in [0.2, 0.25) is 0 Å². The van der Waals surface area contributed by atoms with Gasteiger partial charge in [0.05, 0.1) is 15.9 Å². The summed E-state index contributed by atoms with van der Waals surface area (Å²) < 4.78 is 28.4. The first-order valence-electron chi connectivity index (χ1n) is 6.81. The number of nitrogens with one attached hydrogen (secondary N) is 3. The standard InChI is InChI=1S/C15H12BrN3O4S/c1-8-6-9(2-4-11(8)16)19-24(22,23)10-3-5-12-13(7-10)18-15(21)14(20)17-12/h2-7,19H,1H3,(H,17,20)(H,18,21). The lowest BCUT2D eigenvalue weighted by Crippen LogP contribution is -2.29. The molecule has 0 saturated carbocycles. The molecule has 0 atom stereocenters. The summed E-state index contributed by atoms with van der Waals surface area (Å²) in [6.45, 7) is 1.85. The van der Waals surface area contributed by atoms with E-state index in [0.29, 0.717) is 11.2 Å². The van der Waals surface area contributed by atoms with E-state index in [9.17, 15) is 18.0 Å². The molecule has 0 aliphatic rings. The van der Waals surface area contributed by atoms with E-state index in [4.69, 9.17) is 0 Å². The molecular weight excluding hydrogens is 398 g/mol. The number of halogens is 1. The number of fused-ring (bicyclic) bond motifs is 1. The van der Waals surface area contributed by atoms with Gasteiger partial charge in [-0.2, -0.15) is 0 Å². The molecule has 0 amide bonds. The topological polar surface area (TPSA) is 112 Å². The second kappa shape index (κ2) is 5.91. The zero-order valence-corrected chi connectivity index (χ0v) is 14.8. The summed E-state index contributed by atoms with van der Waals surface area (Å²) >= 11 is 3.35. The van der Waals surface area contributed by atoms with Crippen molar-refractivity contribution in [3.05, 3.63) is 67.1 Å². The average Bonchev–Trinajstić information content (AvgIpc) is 2.51. The van der Waals surface area contributed by atoms with E-state index in [1.165, 1.54) is 18.2 Å². The lowest BCUT2D eigenvalue weighted by atomic mass is 10.2. The number of hydrogen-bond donors (Lipinski definition) is 3. The Balaban J connectivity index is 2.04. The fourth-order valence-corrected chi connectivity index (χ4v) is 3.51. The Hall–Kier alpha value is -2.39. The van der Waals surface area contributed by atoms with E-state index >= 15 is 0 Å². The van der Waals surface area contributed by atoms with Gasteiger partial charge in [-0.3, -0.25) is 14.3 Å². The second-order valence-corrected chi connectivity index (χ2v) is 7.72. The van der Waals surface area contributed by atoms with Gasteiger partial charge in [-0.15, -0.1) is 0 Å². The number of anilines is 1. The van der Waals surface area contributed by atoms with Crippen molar-refractivity contribution in [1.82, 2.24) is 9.97 Å². The van der Waals surface area contributed by atoms with E-state index < -0.39 is 21.1 Å². The number of rotatable bonds is 3. The lowest BCUT2D eigenvalue weighted by Gasteiger charge is -2.10. The zero-order valence-electron chi connectivity index (χ0n) is 12.4. The second-order valence-electron chi connectivity index (χ2n) is 5.19. The number of aromatic nitrogens is 2. The first-order chi connectivity index (χ1) is 11.3. The van der Waals surface area contributed by atoms with Crippen molar-refractivity contribution in [1.29, 1.82) is 0 Å². The Morgan fingerprint density at radius 2 is 1.62 bits per heavy atom. The molecule has 9 heteroatoms. The molecule has 24 heavy (non-hydrogen) atoms. The van der Waals surface area contributed by atoms with Crippen molar-refractivity contribution in [3.8, 4) is 0 Å². The minimum absolute atomic E-state index is 0.0294. The van der Waals surface area contributed by atoms with Crippen molar-refractivity contribution in [2.45, 2.75) is 11.8 Å². The number of hydrogen-bond acceptors (Lipinski definition) is 4. The Bertz CT molecular complexity index is 1170. The number of H-pyrrole nitrogens is 2. The van der Waals surface area contributed by atoms with Crippen LogP contribution in [0, 0.1) is 6.92 Å². The Morgan fingerprint density at radius 3 is 2.29 bits per heavy atom. The lowest BCUT2D eigenvalue weighted by molar-refractivity contribution is 0.601. The fourth-order valence-electron chi connectivity index (χ4n) is 2.18. The van der Waals surface area contributed by atoms with Crippen LogP contribution in [0.5, 0.6) is 0 Å². The molecule has 0 fully saturated rings. The predicted molar refractivity (Wildman–Crippen MR) is 94.9 cm³/mol. The van der Waals surface area contributed by atoms with Gasteiger partial charge in [-0.25, -0.2) is 8.42 Å². The summed E-state index contributed by atoms with van der Waals surface area (Å²) in [5.74, 6) is 0.